The highest BCUT2D eigenvalue weighted by atomic mass is 79.9. The quantitative estimate of drug-likeness (QED) is 0.400. The molecule has 1 heterocycles. The van der Waals surface area contributed by atoms with Gasteiger partial charge in [-0.25, -0.2) is 0 Å². The second-order valence-electron chi connectivity index (χ2n) is 8.01. The summed E-state index contributed by atoms with van der Waals surface area (Å²) in [4.78, 5) is 13.0. The van der Waals surface area contributed by atoms with Crippen molar-refractivity contribution in [2.75, 3.05) is 0 Å². The summed E-state index contributed by atoms with van der Waals surface area (Å²) >= 11 is 3.53. The molecule has 0 unspecified atom stereocenters. The first-order chi connectivity index (χ1) is 13.4. The lowest BCUT2D eigenvalue weighted by atomic mass is 9.94. The van der Waals surface area contributed by atoms with Gasteiger partial charge in [0.1, 0.15) is 0 Å². The molecule has 0 aliphatic carbocycles. The summed E-state index contributed by atoms with van der Waals surface area (Å²) in [7, 11) is 0. The predicted octanol–water partition coefficient (Wildman–Crippen LogP) is 6.60. The summed E-state index contributed by atoms with van der Waals surface area (Å²) in [6, 6.07) is 10.4. The topological polar surface area (TPSA) is 45.8 Å². The molecular formula is C24H29BrN2O. The number of aryl methyl sites for hydroxylation is 4. The number of Topliss-reactive ketones (excluding diaryl/α,β-unsaturated/α-hetero) is 1. The number of ketones is 1. The number of nitrogens with one attached hydrogen (secondary N) is 1. The Morgan fingerprint density at radius 2 is 1.93 bits per heavy atom. The third-order valence-electron chi connectivity index (χ3n) is 5.42. The minimum Gasteiger partial charge on any atom is -0.294 e. The Balaban J connectivity index is 1.81. The Morgan fingerprint density at radius 1 is 1.14 bits per heavy atom. The molecule has 1 aromatic heterocycles. The van der Waals surface area contributed by atoms with E-state index < -0.39 is 0 Å². The largest absolute Gasteiger partial charge is 0.294 e. The molecule has 4 heteroatoms. The normalized spacial score (nSPS) is 11.5. The number of rotatable bonds is 8. The number of fused-ring (bicyclic) bond motifs is 1. The highest BCUT2D eigenvalue weighted by molar-refractivity contribution is 9.10. The van der Waals surface area contributed by atoms with Gasteiger partial charge in [-0.15, -0.1) is 0 Å². The summed E-state index contributed by atoms with van der Waals surface area (Å²) in [5.74, 6) is 0.851. The predicted molar refractivity (Wildman–Crippen MR) is 120 cm³/mol. The summed E-state index contributed by atoms with van der Waals surface area (Å²) in [6.07, 6.45) is 4.35. The van der Waals surface area contributed by atoms with Gasteiger partial charge < -0.3 is 0 Å². The zero-order valence-corrected chi connectivity index (χ0v) is 18.8. The molecule has 148 valence electrons. The first kappa shape index (κ1) is 20.8. The van der Waals surface area contributed by atoms with Gasteiger partial charge in [0.15, 0.2) is 5.78 Å². The molecule has 0 fully saturated rings. The maximum atomic E-state index is 13.0. The number of H-pyrrole nitrogens is 1. The SMILES string of the molecule is CCc1cc(Br)ccc1CCC(=O)c1cc2c(CCC(C)C)[nH]nc2cc1C. The Labute approximate surface area is 176 Å². The minimum absolute atomic E-state index is 0.209. The van der Waals surface area contributed by atoms with Gasteiger partial charge in [0.2, 0.25) is 0 Å². The lowest BCUT2D eigenvalue weighted by Crippen LogP contribution is -2.05. The van der Waals surface area contributed by atoms with Crippen molar-refractivity contribution in [1.82, 2.24) is 10.2 Å². The fourth-order valence-corrected chi connectivity index (χ4v) is 4.10. The van der Waals surface area contributed by atoms with E-state index in [1.807, 2.05) is 13.0 Å². The maximum Gasteiger partial charge on any atom is 0.163 e. The minimum atomic E-state index is 0.209. The third-order valence-corrected chi connectivity index (χ3v) is 5.92. The van der Waals surface area contributed by atoms with Crippen LogP contribution in [-0.2, 0) is 19.3 Å². The summed E-state index contributed by atoms with van der Waals surface area (Å²) in [5.41, 5.74) is 6.49. The van der Waals surface area contributed by atoms with Crippen LogP contribution >= 0.6 is 15.9 Å². The van der Waals surface area contributed by atoms with E-state index in [-0.39, 0.29) is 5.78 Å². The lowest BCUT2D eigenvalue weighted by molar-refractivity contribution is 0.0982. The Bertz CT molecular complexity index is 988. The van der Waals surface area contributed by atoms with Gasteiger partial charge in [-0.05, 0) is 79.5 Å². The van der Waals surface area contributed by atoms with Crippen LogP contribution in [0, 0.1) is 12.8 Å². The van der Waals surface area contributed by atoms with Crippen LogP contribution < -0.4 is 0 Å². The molecule has 3 aromatic rings. The van der Waals surface area contributed by atoms with Crippen molar-refractivity contribution in [3.63, 3.8) is 0 Å². The molecule has 0 spiro atoms. The highest BCUT2D eigenvalue weighted by Crippen LogP contribution is 2.25. The third kappa shape index (κ3) is 4.72. The Kier molecular flexibility index (Phi) is 6.71. The number of hydrogen-bond acceptors (Lipinski definition) is 2. The first-order valence-corrected chi connectivity index (χ1v) is 11.0. The molecule has 0 saturated heterocycles. The number of benzene rings is 2. The zero-order valence-electron chi connectivity index (χ0n) is 17.2. The van der Waals surface area contributed by atoms with Gasteiger partial charge in [-0.3, -0.25) is 9.89 Å². The van der Waals surface area contributed by atoms with Gasteiger partial charge in [-0.1, -0.05) is 42.8 Å². The number of aromatic amines is 1. The van der Waals surface area contributed by atoms with E-state index >= 15 is 0 Å². The first-order valence-electron chi connectivity index (χ1n) is 10.2. The number of hydrogen-bond donors (Lipinski definition) is 1. The number of carbonyl (C=O) groups is 1. The van der Waals surface area contributed by atoms with Crippen LogP contribution in [0.5, 0.6) is 0 Å². The molecule has 0 amide bonds. The molecule has 0 bridgehead atoms. The van der Waals surface area contributed by atoms with Crippen LogP contribution in [0.25, 0.3) is 10.9 Å². The van der Waals surface area contributed by atoms with E-state index in [0.29, 0.717) is 12.3 Å². The molecule has 3 rings (SSSR count). The Morgan fingerprint density at radius 3 is 2.64 bits per heavy atom. The van der Waals surface area contributed by atoms with Crippen molar-refractivity contribution in [3.8, 4) is 0 Å². The van der Waals surface area contributed by atoms with Gasteiger partial charge in [0.25, 0.3) is 0 Å². The highest BCUT2D eigenvalue weighted by Gasteiger charge is 2.15. The summed E-state index contributed by atoms with van der Waals surface area (Å²) in [6.45, 7) is 8.61. The van der Waals surface area contributed by atoms with E-state index in [4.69, 9.17) is 0 Å². The number of carbonyl (C=O) groups excluding carboxylic acids is 1. The van der Waals surface area contributed by atoms with E-state index in [0.717, 1.165) is 57.9 Å². The standard InChI is InChI=1S/C24H29BrN2O/c1-5-17-13-19(25)9-7-18(17)8-11-24(28)20-14-21-22(10-6-15(2)3)26-27-23(21)12-16(20)4/h7,9,12-15H,5-6,8,10-11H2,1-4H3,(H,26,27). The van der Waals surface area contributed by atoms with Gasteiger partial charge in [-0.2, -0.15) is 5.10 Å². The van der Waals surface area contributed by atoms with Crippen LogP contribution in [0.1, 0.15) is 66.4 Å². The second kappa shape index (κ2) is 9.04. The fourth-order valence-electron chi connectivity index (χ4n) is 3.69. The average Bonchev–Trinajstić information content (AvgIpc) is 3.05. The van der Waals surface area contributed by atoms with E-state index in [1.54, 1.807) is 0 Å². The molecule has 1 N–H and O–H groups in total. The summed E-state index contributed by atoms with van der Waals surface area (Å²) in [5, 5.41) is 8.71. The van der Waals surface area contributed by atoms with Crippen LogP contribution in [-0.4, -0.2) is 16.0 Å². The summed E-state index contributed by atoms with van der Waals surface area (Å²) < 4.78 is 1.09. The number of aromatic nitrogens is 2. The molecule has 0 aliphatic heterocycles. The zero-order chi connectivity index (χ0) is 20.3. The Hall–Kier alpha value is -1.94. The van der Waals surface area contributed by atoms with Gasteiger partial charge in [0, 0.05) is 27.5 Å². The number of nitrogens with zero attached hydrogens (tertiary/aromatic N) is 1. The van der Waals surface area contributed by atoms with Crippen LogP contribution in [0.2, 0.25) is 0 Å². The fraction of sp³-hybridized carbons (Fsp3) is 0.417. The van der Waals surface area contributed by atoms with Crippen LogP contribution in [0.15, 0.2) is 34.8 Å². The van der Waals surface area contributed by atoms with E-state index in [9.17, 15) is 4.79 Å². The van der Waals surface area contributed by atoms with Crippen molar-refractivity contribution in [2.24, 2.45) is 5.92 Å². The van der Waals surface area contributed by atoms with Gasteiger partial charge in [0.05, 0.1) is 5.52 Å². The van der Waals surface area contributed by atoms with Crippen molar-refractivity contribution in [3.05, 3.63) is 62.8 Å². The smallest absolute Gasteiger partial charge is 0.163 e. The maximum absolute atomic E-state index is 13.0. The van der Waals surface area contributed by atoms with Crippen LogP contribution in [0.4, 0.5) is 0 Å². The second-order valence-corrected chi connectivity index (χ2v) is 8.92. The van der Waals surface area contributed by atoms with Crippen molar-refractivity contribution >= 4 is 32.6 Å². The molecule has 3 nitrogen and oxygen atoms in total. The molecule has 2 aromatic carbocycles. The van der Waals surface area contributed by atoms with E-state index in [2.05, 4.69) is 71.2 Å². The van der Waals surface area contributed by atoms with Crippen molar-refractivity contribution < 1.29 is 4.79 Å². The molecule has 28 heavy (non-hydrogen) atoms. The van der Waals surface area contributed by atoms with Crippen LogP contribution in [0.3, 0.4) is 0 Å². The molecule has 0 aliphatic rings. The van der Waals surface area contributed by atoms with Crippen molar-refractivity contribution in [1.29, 1.82) is 0 Å². The molecular weight excluding hydrogens is 412 g/mol. The molecule has 0 atom stereocenters. The van der Waals surface area contributed by atoms with Gasteiger partial charge >= 0.3 is 0 Å². The lowest BCUT2D eigenvalue weighted by Gasteiger charge is -2.10. The number of halogens is 1. The molecule has 0 radical (unpaired) electrons. The average molecular weight is 441 g/mol. The molecule has 0 saturated carbocycles. The van der Waals surface area contributed by atoms with E-state index in [1.165, 1.54) is 11.1 Å². The van der Waals surface area contributed by atoms with Crippen molar-refractivity contribution in [2.45, 2.75) is 59.8 Å². The monoisotopic (exact) mass is 440 g/mol.